The number of nitrogens with zero attached hydrogens (tertiary/aromatic N) is 18. The van der Waals surface area contributed by atoms with E-state index >= 15 is 0 Å². The largest absolute Gasteiger partial charge is 0.303 e. The number of para-hydroxylation sites is 2. The molecule has 0 N–H and O–H groups in total. The lowest BCUT2D eigenvalue weighted by molar-refractivity contribution is -0.660. The summed E-state index contributed by atoms with van der Waals surface area (Å²) in [5, 5.41) is 0. The summed E-state index contributed by atoms with van der Waals surface area (Å²) in [4.78, 5) is 26.9. The number of benzene rings is 9. The molecule has 12 aromatic heterocycles. The first-order valence-corrected chi connectivity index (χ1v) is 51.8. The highest BCUT2D eigenvalue weighted by Gasteiger charge is 2.34. The van der Waals surface area contributed by atoms with Crippen LogP contribution < -0.4 is 27.4 Å². The van der Waals surface area contributed by atoms with Gasteiger partial charge in [-0.25, -0.2) is 57.3 Å². The second-order valence-corrected chi connectivity index (χ2v) is 41.5. The van der Waals surface area contributed by atoms with Crippen molar-refractivity contribution in [2.24, 2.45) is 48.2 Å². The van der Waals surface area contributed by atoms with Gasteiger partial charge in [0.15, 0.2) is 37.2 Å². The number of imidazole rings is 6. The average molecular weight is 1980 g/mol. The molecule has 18 nitrogen and oxygen atoms in total. The van der Waals surface area contributed by atoms with Crippen molar-refractivity contribution in [1.29, 1.82) is 0 Å². The van der Waals surface area contributed by atoms with E-state index in [2.05, 4.69) is 287 Å². The lowest BCUT2D eigenvalue weighted by Crippen LogP contribution is -2.31. The van der Waals surface area contributed by atoms with E-state index in [1.807, 2.05) is 177 Å². The molecule has 18 heterocycles. The zero-order chi connectivity index (χ0) is 115. The Hall–Kier alpha value is -16.6. The molecule has 0 atom stereocenters. The Kier molecular flexibility index (Phi) is 21.5. The van der Waals surface area contributed by atoms with Gasteiger partial charge >= 0.3 is 0 Å². The minimum absolute atomic E-state index is 0.113. The van der Waals surface area contributed by atoms with Crippen molar-refractivity contribution in [1.82, 2.24) is 57.3 Å². The van der Waals surface area contributed by atoms with Crippen LogP contribution in [0.3, 0.4) is 0 Å². The molecule has 0 unspecified atom stereocenters. The van der Waals surface area contributed by atoms with Gasteiger partial charge in [0.25, 0.3) is 0 Å². The third-order valence-electron chi connectivity index (χ3n) is 31.2. The third-order valence-corrected chi connectivity index (χ3v) is 31.2. The fourth-order valence-electron chi connectivity index (χ4n) is 23.2. The summed E-state index contributed by atoms with van der Waals surface area (Å²) in [6, 6.07) is 74.1. The minimum atomic E-state index is -2.22. The fourth-order valence-corrected chi connectivity index (χ4v) is 23.2. The second kappa shape index (κ2) is 39.6. The van der Waals surface area contributed by atoms with Crippen molar-refractivity contribution in [3.8, 4) is 124 Å². The first-order valence-electron chi connectivity index (χ1n) is 58.8. The predicted octanol–water partition coefficient (Wildman–Crippen LogP) is 24.2. The average Bonchev–Trinajstić information content (AvgIpc) is 1.63. The Labute approximate surface area is 900 Å². The van der Waals surface area contributed by atoms with Crippen molar-refractivity contribution in [2.45, 2.75) is 167 Å². The molecule has 150 heavy (non-hydrogen) atoms. The Morgan fingerprint density at radius 3 is 1.11 bits per heavy atom. The Bertz CT molecular complexity index is 9580. The first kappa shape index (κ1) is 81.5. The summed E-state index contributed by atoms with van der Waals surface area (Å²) in [7, 11) is 11.9. The maximum Gasteiger partial charge on any atom is 0.213 e. The van der Waals surface area contributed by atoms with Crippen molar-refractivity contribution in [3.63, 3.8) is 0 Å². The van der Waals surface area contributed by atoms with Gasteiger partial charge in [-0.05, 0) is 299 Å². The van der Waals surface area contributed by atoms with Gasteiger partial charge in [0.1, 0.15) is 77.2 Å². The maximum absolute atomic E-state index is 8.88. The molecule has 0 spiro atoms. The molecule has 1 aliphatic carbocycles. The van der Waals surface area contributed by atoms with Crippen LogP contribution in [-0.4, -0.2) is 57.3 Å². The molecule has 28 rings (SSSR count). The van der Waals surface area contributed by atoms with E-state index in [1.165, 1.54) is 130 Å². The Balaban J connectivity index is 0.000000106. The zero-order valence-corrected chi connectivity index (χ0v) is 87.8. The topological polar surface area (TPSA) is 130 Å². The zero-order valence-electron chi connectivity index (χ0n) is 102. The van der Waals surface area contributed by atoms with E-state index in [9.17, 15) is 0 Å². The van der Waals surface area contributed by atoms with Crippen molar-refractivity contribution in [3.05, 3.63) is 452 Å². The summed E-state index contributed by atoms with van der Waals surface area (Å²) < 4.78 is 136. The van der Waals surface area contributed by atoms with Crippen LogP contribution in [0.5, 0.6) is 0 Å². The van der Waals surface area contributed by atoms with Crippen LogP contribution in [0.25, 0.3) is 135 Å². The van der Waals surface area contributed by atoms with Gasteiger partial charge in [0.2, 0.25) is 34.2 Å². The fraction of sp³-hybridized carbons (Fsp3) is 0.242. The van der Waals surface area contributed by atoms with Gasteiger partial charge in [-0.2, -0.15) is 0 Å². The van der Waals surface area contributed by atoms with Gasteiger partial charge in [0, 0.05) is 218 Å². The SMILES string of the molecule is Cc1c[n+](C)c(-c2cc3c(cc2C)-n2ccnc2C3)cc1-c1ccccc1.Cc1cc2c(cc1-c1cccc[n+]1C)Cc1nc3ccccc3n1-2.[2H]C([2H])([2H])c1c[n+](C)c(-c2cc3c(cc2C)-n2ccnc2C3)cc1-c1ccccc1.[2H]C([2H])([2H])c1c[n+](C)c(-c2cc3c(cc2C)-n2ccnc2C3)cc1C.[2H]C([2H])([2H])c1cn2c(n1)Cc1cc(-c3cc(C)c(C([2H])([2H])[2H])c[n+]3C)c(C)cc1-2.[2H]C([2H])(c1cc[n+](C)c(-c2cc3c(cc2C)-n2ccnc2C3)c1)C1CCCCC1. The first-order chi connectivity index (χ1) is 78.2. The van der Waals surface area contributed by atoms with Crippen LogP contribution in [0.4, 0.5) is 0 Å². The van der Waals surface area contributed by atoms with Crippen molar-refractivity contribution >= 4 is 11.0 Å². The molecule has 0 radical (unpaired) electrons. The van der Waals surface area contributed by atoms with Crippen molar-refractivity contribution in [2.75, 3.05) is 0 Å². The second-order valence-electron chi connectivity index (χ2n) is 41.5. The summed E-state index contributed by atoms with van der Waals surface area (Å²) in [6.45, 7) is 9.95. The van der Waals surface area contributed by atoms with Gasteiger partial charge in [-0.15, -0.1) is 0 Å². The standard InChI is InChI=1S/2C24H22N3.C24H28N3.C21H18N3.C20H22N3.C19H20N3/c2*1-16-11-22-19(13-24-25-9-10-27(22)24)12-21(16)23-14-20(17(2)15-26(23)3)18-7-5-4-6-8-18;1-17-12-22-20(16-24-25-9-11-27(22)24)15-21(17)23-14-19(8-10-26(23)2)13-18-6-4-3-5-7-18;1-14-11-20-15(12-16(14)18-8-5-6-10-23(18)2)13-21-22-17-7-3-4-9-19(17)24(20)21;1-12-6-19(22(5)10-14(12)3)17-8-16-9-20-21-15(4)11-23(20)18(16)7-13(17)2;1-12-7-18(21(4)11-14(12)3)16-9-15-10-19-20-5-6-22(19)17(15)8-13(16)2/h2*4-12,14-15H,13H2,1-3H3;8-12,14-15,18H,3-7,13,16H2,1-2H3;3-12H,13H2,1-2H3;6-8,10-11H,9H2,1-5H3;5-9,11H,10H2,1-4H3/q6*+1/i2D3;;13D2;;3D3,4D3;3D3. The van der Waals surface area contributed by atoms with Crippen LogP contribution in [0.2, 0.25) is 0 Å². The molecule has 0 amide bonds. The predicted molar refractivity (Wildman–Crippen MR) is 598 cm³/mol. The molecule has 7 aliphatic rings. The van der Waals surface area contributed by atoms with Gasteiger partial charge < -0.3 is 22.8 Å². The summed E-state index contributed by atoms with van der Waals surface area (Å²) >= 11 is 0. The number of aromatic nitrogens is 18. The molecule has 21 aromatic rings. The summed E-state index contributed by atoms with van der Waals surface area (Å²) in [5.74, 6) is 6.30. The van der Waals surface area contributed by atoms with E-state index in [-0.39, 0.29) is 11.6 Å². The molecular formula is C132H132N18+6. The number of aryl methyl sites for hydroxylation is 19. The van der Waals surface area contributed by atoms with Crippen LogP contribution in [0.1, 0.15) is 198 Å². The number of hydrogen-bond acceptors (Lipinski definition) is 6. The maximum atomic E-state index is 8.88. The molecule has 0 bridgehead atoms. The van der Waals surface area contributed by atoms with E-state index < -0.39 is 33.8 Å². The monoisotopic (exact) mass is 1980 g/mol. The van der Waals surface area contributed by atoms with Gasteiger partial charge in [-0.3, -0.25) is 4.57 Å². The molecule has 1 fully saturated rings. The normalized spacial score (nSPS) is 14.8. The van der Waals surface area contributed by atoms with E-state index in [0.29, 0.717) is 23.1 Å². The lowest BCUT2D eigenvalue weighted by Gasteiger charge is -2.21. The molecule has 0 saturated heterocycles. The van der Waals surface area contributed by atoms with Crippen LogP contribution >= 0.6 is 0 Å². The summed E-state index contributed by atoms with van der Waals surface area (Å²) in [5.41, 5.74) is 46.6. The van der Waals surface area contributed by atoms with E-state index in [1.54, 1.807) is 24.8 Å². The molecule has 6 aliphatic heterocycles. The third kappa shape index (κ3) is 18.2. The van der Waals surface area contributed by atoms with Crippen LogP contribution in [-0.2, 0) is 87.2 Å². The molecular weight excluding hydrogens is 1840 g/mol. The molecule has 18 heteroatoms. The highest BCUT2D eigenvalue weighted by molar-refractivity contribution is 5.83. The highest BCUT2D eigenvalue weighted by Crippen LogP contribution is 2.44. The smallest absolute Gasteiger partial charge is 0.213 e. The number of pyridine rings is 6. The Morgan fingerprint density at radius 2 is 0.660 bits per heavy atom. The number of fused-ring (bicyclic) bond motifs is 20. The minimum Gasteiger partial charge on any atom is -0.303 e. The number of rotatable bonds is 10. The van der Waals surface area contributed by atoms with Crippen molar-refractivity contribution < 1.29 is 46.6 Å². The van der Waals surface area contributed by atoms with E-state index in [0.717, 1.165) is 193 Å². The van der Waals surface area contributed by atoms with E-state index in [4.69, 9.17) is 24.2 Å². The number of hydrogen-bond donors (Lipinski definition) is 0. The highest BCUT2D eigenvalue weighted by atomic mass is 15.1. The van der Waals surface area contributed by atoms with Crippen LogP contribution in [0, 0.1) is 95.6 Å². The lowest BCUT2D eigenvalue weighted by atomic mass is 9.85. The van der Waals surface area contributed by atoms with Crippen LogP contribution in [0.15, 0.2) is 305 Å². The summed E-state index contributed by atoms with van der Waals surface area (Å²) in [6.07, 6.45) is 37.7. The quantitative estimate of drug-likeness (QED) is 0.125. The molecule has 9 aromatic carbocycles. The molecule has 744 valence electrons. The Morgan fingerprint density at radius 1 is 0.293 bits per heavy atom. The molecule has 1 saturated carbocycles. The van der Waals surface area contributed by atoms with Gasteiger partial charge in [0.05, 0.1) is 50.9 Å². The van der Waals surface area contributed by atoms with Gasteiger partial charge in [-0.1, -0.05) is 105 Å².